The van der Waals surface area contributed by atoms with Crippen molar-refractivity contribution in [2.75, 3.05) is 6.54 Å². The summed E-state index contributed by atoms with van der Waals surface area (Å²) in [5.41, 5.74) is 5.10. The van der Waals surface area contributed by atoms with Crippen LogP contribution >= 0.6 is 0 Å². The van der Waals surface area contributed by atoms with Crippen LogP contribution in [0, 0.1) is 5.92 Å². The van der Waals surface area contributed by atoms with Gasteiger partial charge in [-0.25, -0.2) is 4.98 Å². The molecule has 146 valence electrons. The first-order valence-electron chi connectivity index (χ1n) is 10.0. The third-order valence-corrected chi connectivity index (χ3v) is 5.24. The lowest BCUT2D eigenvalue weighted by atomic mass is 10.1. The lowest BCUT2D eigenvalue weighted by Gasteiger charge is -2.26. The van der Waals surface area contributed by atoms with Crippen molar-refractivity contribution in [2.24, 2.45) is 5.92 Å². The SMILES string of the molecule is CC(C)Cc1cc(C(=O)N2CCc3c(ncn3CCc3ccccc3)C2)n[nH]1. The van der Waals surface area contributed by atoms with Gasteiger partial charge in [0.05, 0.1) is 18.6 Å². The minimum Gasteiger partial charge on any atom is -0.334 e. The monoisotopic (exact) mass is 377 g/mol. The van der Waals surface area contributed by atoms with Crippen LogP contribution in [0.4, 0.5) is 0 Å². The second kappa shape index (κ2) is 8.00. The summed E-state index contributed by atoms with van der Waals surface area (Å²) in [4.78, 5) is 19.3. The van der Waals surface area contributed by atoms with E-state index in [2.05, 4.69) is 57.9 Å². The van der Waals surface area contributed by atoms with Crippen LogP contribution in [-0.4, -0.2) is 37.1 Å². The molecule has 0 fully saturated rings. The first kappa shape index (κ1) is 18.5. The van der Waals surface area contributed by atoms with E-state index in [-0.39, 0.29) is 5.91 Å². The molecule has 0 saturated carbocycles. The van der Waals surface area contributed by atoms with E-state index in [9.17, 15) is 4.79 Å². The molecule has 6 heteroatoms. The number of carbonyl (C=O) groups excluding carboxylic acids is 1. The molecule has 4 rings (SSSR count). The normalized spacial score (nSPS) is 13.8. The van der Waals surface area contributed by atoms with E-state index in [1.807, 2.05) is 23.4 Å². The van der Waals surface area contributed by atoms with E-state index >= 15 is 0 Å². The Balaban J connectivity index is 1.40. The van der Waals surface area contributed by atoms with Gasteiger partial charge < -0.3 is 9.47 Å². The molecule has 0 radical (unpaired) electrons. The number of rotatable bonds is 6. The summed E-state index contributed by atoms with van der Waals surface area (Å²) >= 11 is 0. The summed E-state index contributed by atoms with van der Waals surface area (Å²) in [6, 6.07) is 12.4. The molecule has 1 aromatic carbocycles. The zero-order chi connectivity index (χ0) is 19.5. The van der Waals surface area contributed by atoms with E-state index in [0.29, 0.717) is 24.7 Å². The number of fused-ring (bicyclic) bond motifs is 1. The van der Waals surface area contributed by atoms with Crippen LogP contribution in [0.25, 0.3) is 0 Å². The number of imidazole rings is 1. The number of aromatic amines is 1. The number of amides is 1. The van der Waals surface area contributed by atoms with Gasteiger partial charge in [0, 0.05) is 30.9 Å². The maximum Gasteiger partial charge on any atom is 0.274 e. The fourth-order valence-corrected chi connectivity index (χ4v) is 3.81. The Morgan fingerprint density at radius 2 is 2.07 bits per heavy atom. The average Bonchev–Trinajstić information content (AvgIpc) is 3.32. The summed E-state index contributed by atoms with van der Waals surface area (Å²) in [6.45, 7) is 6.48. The minimum absolute atomic E-state index is 0.0178. The summed E-state index contributed by atoms with van der Waals surface area (Å²) in [5.74, 6) is 0.511. The van der Waals surface area contributed by atoms with Gasteiger partial charge in [0.2, 0.25) is 0 Å². The van der Waals surface area contributed by atoms with Crippen molar-refractivity contribution in [1.82, 2.24) is 24.6 Å². The van der Waals surface area contributed by atoms with Gasteiger partial charge in [-0.2, -0.15) is 5.10 Å². The Kier molecular flexibility index (Phi) is 5.28. The first-order valence-corrected chi connectivity index (χ1v) is 10.0. The Labute approximate surface area is 165 Å². The molecular weight excluding hydrogens is 350 g/mol. The quantitative estimate of drug-likeness (QED) is 0.717. The highest BCUT2D eigenvalue weighted by Crippen LogP contribution is 2.20. The van der Waals surface area contributed by atoms with Gasteiger partial charge >= 0.3 is 0 Å². The number of nitrogens with zero attached hydrogens (tertiary/aromatic N) is 4. The number of aromatic nitrogens is 4. The zero-order valence-electron chi connectivity index (χ0n) is 16.6. The molecule has 1 amide bonds. The van der Waals surface area contributed by atoms with Gasteiger partial charge in [-0.05, 0) is 30.4 Å². The van der Waals surface area contributed by atoms with E-state index in [0.717, 1.165) is 37.2 Å². The number of aryl methyl sites for hydroxylation is 2. The van der Waals surface area contributed by atoms with Gasteiger partial charge in [-0.3, -0.25) is 9.89 Å². The second-order valence-corrected chi connectivity index (χ2v) is 7.92. The summed E-state index contributed by atoms with van der Waals surface area (Å²) in [5, 5.41) is 7.22. The predicted octanol–water partition coefficient (Wildman–Crippen LogP) is 3.25. The maximum atomic E-state index is 12.8. The van der Waals surface area contributed by atoms with Crippen LogP contribution in [0.3, 0.4) is 0 Å². The van der Waals surface area contributed by atoms with Gasteiger partial charge in [0.15, 0.2) is 0 Å². The molecule has 3 heterocycles. The highest BCUT2D eigenvalue weighted by atomic mass is 16.2. The summed E-state index contributed by atoms with van der Waals surface area (Å²) in [6.07, 6.45) is 4.63. The Bertz CT molecular complexity index is 941. The van der Waals surface area contributed by atoms with Crippen molar-refractivity contribution in [3.05, 3.63) is 71.1 Å². The molecule has 0 spiro atoms. The van der Waals surface area contributed by atoms with Crippen LogP contribution in [-0.2, 0) is 32.4 Å². The van der Waals surface area contributed by atoms with Crippen molar-refractivity contribution in [3.8, 4) is 0 Å². The van der Waals surface area contributed by atoms with Crippen molar-refractivity contribution in [3.63, 3.8) is 0 Å². The van der Waals surface area contributed by atoms with E-state index in [1.165, 1.54) is 11.3 Å². The lowest BCUT2D eigenvalue weighted by molar-refractivity contribution is 0.0725. The molecule has 3 aromatic rings. The van der Waals surface area contributed by atoms with Crippen LogP contribution < -0.4 is 0 Å². The molecule has 28 heavy (non-hydrogen) atoms. The molecule has 0 atom stereocenters. The molecule has 0 unspecified atom stereocenters. The topological polar surface area (TPSA) is 66.8 Å². The van der Waals surface area contributed by atoms with Gasteiger partial charge in [0.25, 0.3) is 5.91 Å². The molecule has 6 nitrogen and oxygen atoms in total. The minimum atomic E-state index is -0.0178. The number of hydrogen-bond donors (Lipinski definition) is 1. The van der Waals surface area contributed by atoms with Crippen molar-refractivity contribution in [2.45, 2.75) is 46.2 Å². The van der Waals surface area contributed by atoms with Crippen LogP contribution in [0.5, 0.6) is 0 Å². The summed E-state index contributed by atoms with van der Waals surface area (Å²) in [7, 11) is 0. The fraction of sp³-hybridized carbons (Fsp3) is 0.409. The molecule has 0 bridgehead atoms. The highest BCUT2D eigenvalue weighted by molar-refractivity contribution is 5.92. The third kappa shape index (κ3) is 4.01. The number of nitrogens with one attached hydrogen (secondary N) is 1. The van der Waals surface area contributed by atoms with Crippen LogP contribution in [0.2, 0.25) is 0 Å². The Hall–Kier alpha value is -2.89. The van der Waals surface area contributed by atoms with Crippen LogP contribution in [0.1, 0.15) is 47.0 Å². The standard InChI is InChI=1S/C22H27N5O/c1-16(2)12-18-13-19(25-24-18)22(28)26-11-9-21-20(14-26)23-15-27(21)10-8-17-6-4-3-5-7-17/h3-7,13,15-16H,8-12,14H2,1-2H3,(H,24,25). The molecule has 1 N–H and O–H groups in total. The van der Waals surface area contributed by atoms with Gasteiger partial charge in [-0.15, -0.1) is 0 Å². The fourth-order valence-electron chi connectivity index (χ4n) is 3.81. The smallest absolute Gasteiger partial charge is 0.274 e. The highest BCUT2D eigenvalue weighted by Gasteiger charge is 2.26. The van der Waals surface area contributed by atoms with Crippen LogP contribution in [0.15, 0.2) is 42.7 Å². The van der Waals surface area contributed by atoms with Gasteiger partial charge in [0.1, 0.15) is 5.69 Å². The zero-order valence-corrected chi connectivity index (χ0v) is 16.6. The van der Waals surface area contributed by atoms with Crippen molar-refractivity contribution in [1.29, 1.82) is 0 Å². The van der Waals surface area contributed by atoms with Crippen molar-refractivity contribution < 1.29 is 4.79 Å². The largest absolute Gasteiger partial charge is 0.334 e. The van der Waals surface area contributed by atoms with E-state index in [1.54, 1.807) is 0 Å². The van der Waals surface area contributed by atoms with Crippen molar-refractivity contribution >= 4 is 5.91 Å². The molecule has 0 aliphatic carbocycles. The second-order valence-electron chi connectivity index (χ2n) is 7.92. The lowest BCUT2D eigenvalue weighted by Crippen LogP contribution is -2.36. The van der Waals surface area contributed by atoms with E-state index in [4.69, 9.17) is 0 Å². The summed E-state index contributed by atoms with van der Waals surface area (Å²) < 4.78 is 2.24. The molecule has 1 aliphatic rings. The number of carbonyl (C=O) groups is 1. The molecule has 1 aliphatic heterocycles. The number of H-pyrrole nitrogens is 1. The van der Waals surface area contributed by atoms with E-state index < -0.39 is 0 Å². The maximum absolute atomic E-state index is 12.8. The average molecular weight is 377 g/mol. The molecule has 2 aromatic heterocycles. The number of hydrogen-bond acceptors (Lipinski definition) is 3. The Morgan fingerprint density at radius 1 is 1.25 bits per heavy atom. The number of benzene rings is 1. The van der Waals surface area contributed by atoms with Gasteiger partial charge in [-0.1, -0.05) is 44.2 Å². The Morgan fingerprint density at radius 3 is 2.86 bits per heavy atom. The predicted molar refractivity (Wildman–Crippen MR) is 108 cm³/mol. The molecule has 0 saturated heterocycles. The molecular formula is C22H27N5O. The third-order valence-electron chi connectivity index (χ3n) is 5.24. The first-order chi connectivity index (χ1) is 13.6.